The molecule has 2 aliphatic rings. The lowest BCUT2D eigenvalue weighted by Gasteiger charge is -2.45. The molecule has 0 aliphatic carbocycles. The Kier molecular flexibility index (Phi) is 2.66. The van der Waals surface area contributed by atoms with E-state index in [1.807, 2.05) is 24.5 Å². The molecule has 3 heterocycles. The number of pyridine rings is 1. The molecule has 5 rings (SSSR count). The first kappa shape index (κ1) is 14.5. The molecule has 0 saturated carbocycles. The zero-order valence-electron chi connectivity index (χ0n) is 14.5. The van der Waals surface area contributed by atoms with Crippen LogP contribution in [0.5, 0.6) is 5.75 Å². The van der Waals surface area contributed by atoms with E-state index in [0.29, 0.717) is 0 Å². The summed E-state index contributed by atoms with van der Waals surface area (Å²) in [5.41, 5.74) is 2.40. The van der Waals surface area contributed by atoms with Crippen molar-refractivity contribution in [1.82, 2.24) is 4.98 Å². The lowest BCUT2D eigenvalue weighted by Crippen LogP contribution is -2.61. The molecule has 2 aliphatic heterocycles. The molecule has 4 nitrogen and oxygen atoms in total. The van der Waals surface area contributed by atoms with E-state index in [-0.39, 0.29) is 5.41 Å². The Morgan fingerprint density at radius 3 is 2.72 bits per heavy atom. The second-order valence-corrected chi connectivity index (χ2v) is 7.27. The Hall–Kier alpha value is -2.88. The highest BCUT2D eigenvalue weighted by Crippen LogP contribution is 2.54. The number of benzene rings is 2. The number of para-hydroxylation sites is 1. The van der Waals surface area contributed by atoms with Crippen molar-refractivity contribution in [2.24, 2.45) is 4.99 Å². The van der Waals surface area contributed by atoms with Crippen molar-refractivity contribution in [3.05, 3.63) is 60.4 Å². The average molecular weight is 329 g/mol. The van der Waals surface area contributed by atoms with E-state index >= 15 is 0 Å². The second kappa shape index (κ2) is 4.60. The van der Waals surface area contributed by atoms with Crippen LogP contribution in [0, 0.1) is 0 Å². The summed E-state index contributed by atoms with van der Waals surface area (Å²) in [6.07, 6.45) is 5.62. The molecule has 124 valence electrons. The smallest absolute Gasteiger partial charge is 0.228 e. The maximum absolute atomic E-state index is 6.74. The zero-order chi connectivity index (χ0) is 17.2. The third-order valence-electron chi connectivity index (χ3n) is 5.72. The lowest BCUT2D eigenvalue weighted by molar-refractivity contribution is 0.0842. The van der Waals surface area contributed by atoms with E-state index in [9.17, 15) is 0 Å². The number of ether oxygens (including phenoxy) is 1. The van der Waals surface area contributed by atoms with Crippen molar-refractivity contribution in [2.75, 3.05) is 11.9 Å². The van der Waals surface area contributed by atoms with Gasteiger partial charge in [0.2, 0.25) is 5.72 Å². The van der Waals surface area contributed by atoms with Crippen molar-refractivity contribution in [3.63, 3.8) is 0 Å². The van der Waals surface area contributed by atoms with Crippen molar-refractivity contribution in [3.8, 4) is 5.75 Å². The van der Waals surface area contributed by atoms with Crippen LogP contribution in [0.4, 0.5) is 11.4 Å². The van der Waals surface area contributed by atoms with Gasteiger partial charge in [-0.1, -0.05) is 24.3 Å². The van der Waals surface area contributed by atoms with Crippen LogP contribution in [-0.2, 0) is 5.41 Å². The number of aliphatic imine (C=N–C) groups is 1. The Bertz CT molecular complexity index is 1040. The second-order valence-electron chi connectivity index (χ2n) is 7.27. The first-order chi connectivity index (χ1) is 12.0. The highest BCUT2D eigenvalue weighted by Gasteiger charge is 2.58. The molecular formula is C21H19N3O. The first-order valence-electron chi connectivity index (χ1n) is 8.49. The highest BCUT2D eigenvalue weighted by molar-refractivity contribution is 5.96. The van der Waals surface area contributed by atoms with Gasteiger partial charge in [0.05, 0.1) is 11.6 Å². The highest BCUT2D eigenvalue weighted by atomic mass is 16.5. The van der Waals surface area contributed by atoms with Crippen LogP contribution in [0.25, 0.3) is 10.8 Å². The molecule has 0 radical (unpaired) electrons. The molecule has 1 unspecified atom stereocenters. The van der Waals surface area contributed by atoms with Crippen LogP contribution in [0.3, 0.4) is 0 Å². The fourth-order valence-corrected chi connectivity index (χ4v) is 4.20. The van der Waals surface area contributed by atoms with E-state index in [4.69, 9.17) is 9.73 Å². The SMILES string of the molecule is CN1c2ccccc2C(C)(C)C12C=Nc1ccc3ccncc3c1O2. The average Bonchev–Trinajstić information content (AvgIpc) is 2.81. The van der Waals surface area contributed by atoms with Crippen molar-refractivity contribution in [1.29, 1.82) is 0 Å². The molecule has 0 bridgehead atoms. The largest absolute Gasteiger partial charge is 0.459 e. The lowest BCUT2D eigenvalue weighted by atomic mass is 9.77. The number of hydrogen-bond donors (Lipinski definition) is 0. The molecule has 4 heteroatoms. The minimum atomic E-state index is -0.659. The molecule has 2 aromatic carbocycles. The standard InChI is InChI=1S/C21H19N3O/c1-20(2)16-6-4-5-7-18(16)24(3)21(20)13-23-17-9-8-14-10-11-22-12-15(14)19(17)25-21/h4-13H,1-3H3. The third-order valence-corrected chi connectivity index (χ3v) is 5.72. The number of aromatic nitrogens is 1. The van der Waals surface area contributed by atoms with Crippen molar-refractivity contribution < 1.29 is 4.74 Å². The van der Waals surface area contributed by atoms with Crippen LogP contribution in [0.15, 0.2) is 59.9 Å². The van der Waals surface area contributed by atoms with Gasteiger partial charge in [0.15, 0.2) is 5.75 Å². The zero-order valence-corrected chi connectivity index (χ0v) is 14.5. The predicted molar refractivity (Wildman–Crippen MR) is 101 cm³/mol. The topological polar surface area (TPSA) is 37.7 Å². The summed E-state index contributed by atoms with van der Waals surface area (Å²) in [5.74, 6) is 0.806. The van der Waals surface area contributed by atoms with Gasteiger partial charge in [0.1, 0.15) is 5.69 Å². The van der Waals surface area contributed by atoms with Gasteiger partial charge in [0.25, 0.3) is 0 Å². The van der Waals surface area contributed by atoms with Crippen LogP contribution in [0.2, 0.25) is 0 Å². The molecule has 1 aromatic heterocycles. The van der Waals surface area contributed by atoms with E-state index in [0.717, 1.165) is 22.2 Å². The summed E-state index contributed by atoms with van der Waals surface area (Å²) in [4.78, 5) is 11.3. The molecule has 1 atom stereocenters. The fraction of sp³-hybridized carbons (Fsp3) is 0.238. The maximum atomic E-state index is 6.74. The summed E-state index contributed by atoms with van der Waals surface area (Å²) in [5, 5.41) is 2.10. The molecule has 0 fully saturated rings. The fourth-order valence-electron chi connectivity index (χ4n) is 4.20. The van der Waals surface area contributed by atoms with Gasteiger partial charge in [-0.25, -0.2) is 0 Å². The Balaban J connectivity index is 1.75. The monoisotopic (exact) mass is 329 g/mol. The van der Waals surface area contributed by atoms with E-state index in [1.54, 1.807) is 6.20 Å². The first-order valence-corrected chi connectivity index (χ1v) is 8.49. The van der Waals surface area contributed by atoms with Crippen LogP contribution >= 0.6 is 0 Å². The predicted octanol–water partition coefficient (Wildman–Crippen LogP) is 4.45. The minimum Gasteiger partial charge on any atom is -0.459 e. The molecule has 0 saturated heterocycles. The minimum absolute atomic E-state index is 0.246. The van der Waals surface area contributed by atoms with Crippen molar-refractivity contribution in [2.45, 2.75) is 25.0 Å². The molecule has 0 N–H and O–H groups in total. The molecule has 1 spiro atoms. The third kappa shape index (κ3) is 1.66. The van der Waals surface area contributed by atoms with E-state index < -0.39 is 5.72 Å². The van der Waals surface area contributed by atoms with E-state index in [2.05, 4.69) is 61.1 Å². The van der Waals surface area contributed by atoms with Gasteiger partial charge in [-0.3, -0.25) is 9.98 Å². The molecule has 0 amide bonds. The maximum Gasteiger partial charge on any atom is 0.228 e. The summed E-state index contributed by atoms with van der Waals surface area (Å²) in [7, 11) is 2.08. The molecule has 3 aromatic rings. The number of rotatable bonds is 0. The summed E-state index contributed by atoms with van der Waals surface area (Å²) >= 11 is 0. The van der Waals surface area contributed by atoms with E-state index in [1.165, 1.54) is 11.3 Å². The van der Waals surface area contributed by atoms with Crippen LogP contribution in [0.1, 0.15) is 19.4 Å². The number of anilines is 1. The van der Waals surface area contributed by atoms with Crippen LogP contribution < -0.4 is 9.64 Å². The van der Waals surface area contributed by atoms with Crippen molar-refractivity contribution >= 4 is 28.4 Å². The molecule has 25 heavy (non-hydrogen) atoms. The van der Waals surface area contributed by atoms with Gasteiger partial charge in [-0.2, -0.15) is 0 Å². The Labute approximate surface area is 146 Å². The summed E-state index contributed by atoms with van der Waals surface area (Å²) in [6, 6.07) is 14.5. The number of hydrogen-bond acceptors (Lipinski definition) is 4. The van der Waals surface area contributed by atoms with Gasteiger partial charge in [-0.15, -0.1) is 0 Å². The Morgan fingerprint density at radius 2 is 1.88 bits per heavy atom. The summed E-state index contributed by atoms with van der Waals surface area (Å²) in [6.45, 7) is 4.44. The van der Waals surface area contributed by atoms with Gasteiger partial charge in [-0.05, 0) is 43.0 Å². The number of likely N-dealkylation sites (N-methyl/N-ethyl adjacent to an activating group) is 1. The van der Waals surface area contributed by atoms with Crippen LogP contribution in [-0.4, -0.2) is 24.0 Å². The Morgan fingerprint density at radius 1 is 1.04 bits per heavy atom. The van der Waals surface area contributed by atoms with Gasteiger partial charge >= 0.3 is 0 Å². The van der Waals surface area contributed by atoms with Gasteiger partial charge in [0, 0.05) is 30.5 Å². The number of nitrogens with zero attached hydrogens (tertiary/aromatic N) is 3. The quantitative estimate of drug-likeness (QED) is 0.611. The molecular weight excluding hydrogens is 310 g/mol. The van der Waals surface area contributed by atoms with Gasteiger partial charge < -0.3 is 9.64 Å². The summed E-state index contributed by atoms with van der Waals surface area (Å²) < 4.78 is 6.74. The normalized spacial score (nSPS) is 22.8. The number of fused-ring (bicyclic) bond motifs is 4.